The summed E-state index contributed by atoms with van der Waals surface area (Å²) in [7, 11) is -0.143. The number of sulfonamides is 1. The van der Waals surface area contributed by atoms with Gasteiger partial charge in [0.05, 0.1) is 4.90 Å². The second-order valence-corrected chi connectivity index (χ2v) is 7.52. The van der Waals surface area contributed by atoms with Crippen molar-refractivity contribution in [1.82, 2.24) is 14.5 Å². The lowest BCUT2D eigenvalue weighted by atomic mass is 10.1. The Balaban J connectivity index is 2.31. The highest BCUT2D eigenvalue weighted by atomic mass is 32.2. The quantitative estimate of drug-likeness (QED) is 0.887. The molecule has 0 atom stereocenters. The predicted octanol–water partition coefficient (Wildman–Crippen LogP) is 0.681. The largest absolute Gasteiger partial charge is 0.337 e. The van der Waals surface area contributed by atoms with E-state index in [4.69, 9.17) is 0 Å². The van der Waals surface area contributed by atoms with Crippen LogP contribution in [0.15, 0.2) is 23.1 Å². The van der Waals surface area contributed by atoms with Gasteiger partial charge in [0.15, 0.2) is 0 Å². The molecule has 1 saturated heterocycles. The third kappa shape index (κ3) is 3.66. The SMILES string of the molecule is CNS(=O)(=O)c1ccc(C)c(C(=O)N2CCCN(C)CC2)c1. The molecule has 0 aromatic heterocycles. The molecule has 1 aliphatic heterocycles. The highest BCUT2D eigenvalue weighted by Gasteiger charge is 2.22. The fourth-order valence-electron chi connectivity index (χ4n) is 2.54. The molecule has 1 aliphatic rings. The molecule has 122 valence electrons. The Hall–Kier alpha value is -1.44. The molecule has 7 heteroatoms. The van der Waals surface area contributed by atoms with Crippen LogP contribution >= 0.6 is 0 Å². The average molecular weight is 325 g/mol. The van der Waals surface area contributed by atoms with Crippen molar-refractivity contribution in [2.45, 2.75) is 18.2 Å². The third-order valence-corrected chi connectivity index (χ3v) is 5.44. The Morgan fingerprint density at radius 1 is 1.18 bits per heavy atom. The number of aryl methyl sites for hydroxylation is 1. The van der Waals surface area contributed by atoms with Crippen molar-refractivity contribution < 1.29 is 13.2 Å². The minimum Gasteiger partial charge on any atom is -0.337 e. The van der Waals surface area contributed by atoms with Crippen molar-refractivity contribution in [2.24, 2.45) is 0 Å². The third-order valence-electron chi connectivity index (χ3n) is 4.03. The van der Waals surface area contributed by atoms with Gasteiger partial charge in [-0.25, -0.2) is 13.1 Å². The first-order valence-corrected chi connectivity index (χ1v) is 8.85. The molecule has 2 rings (SSSR count). The Kier molecular flexibility index (Phi) is 5.20. The second-order valence-electron chi connectivity index (χ2n) is 5.63. The minimum atomic E-state index is -3.55. The van der Waals surface area contributed by atoms with E-state index in [0.717, 1.165) is 25.1 Å². The second kappa shape index (κ2) is 6.76. The van der Waals surface area contributed by atoms with Crippen LogP contribution in [-0.2, 0) is 10.0 Å². The van der Waals surface area contributed by atoms with Crippen molar-refractivity contribution in [3.63, 3.8) is 0 Å². The summed E-state index contributed by atoms with van der Waals surface area (Å²) in [5, 5.41) is 0. The van der Waals surface area contributed by atoms with Crippen LogP contribution in [0.1, 0.15) is 22.3 Å². The van der Waals surface area contributed by atoms with Crippen molar-refractivity contribution in [3.8, 4) is 0 Å². The molecule has 1 heterocycles. The molecular weight excluding hydrogens is 302 g/mol. The van der Waals surface area contributed by atoms with Crippen molar-refractivity contribution in [2.75, 3.05) is 40.3 Å². The van der Waals surface area contributed by atoms with Gasteiger partial charge in [0.1, 0.15) is 0 Å². The molecule has 0 spiro atoms. The molecule has 1 aromatic carbocycles. The summed E-state index contributed by atoms with van der Waals surface area (Å²) in [6, 6.07) is 4.67. The number of carbonyl (C=O) groups is 1. The van der Waals surface area contributed by atoms with Crippen LogP contribution in [0.4, 0.5) is 0 Å². The molecular formula is C15H23N3O3S. The zero-order valence-electron chi connectivity index (χ0n) is 13.3. The van der Waals surface area contributed by atoms with E-state index < -0.39 is 10.0 Å². The van der Waals surface area contributed by atoms with E-state index in [2.05, 4.69) is 9.62 Å². The van der Waals surface area contributed by atoms with E-state index in [9.17, 15) is 13.2 Å². The maximum atomic E-state index is 12.7. The molecule has 6 nitrogen and oxygen atoms in total. The lowest BCUT2D eigenvalue weighted by molar-refractivity contribution is 0.0762. The Morgan fingerprint density at radius 2 is 1.91 bits per heavy atom. The smallest absolute Gasteiger partial charge is 0.254 e. The monoisotopic (exact) mass is 325 g/mol. The Morgan fingerprint density at radius 3 is 2.59 bits per heavy atom. The number of likely N-dealkylation sites (N-methyl/N-ethyl adjacent to an activating group) is 1. The van der Waals surface area contributed by atoms with Gasteiger partial charge in [0.2, 0.25) is 10.0 Å². The standard InChI is InChI=1S/C15H23N3O3S/c1-12-5-6-13(22(20,21)16-2)11-14(12)15(19)18-8-4-7-17(3)9-10-18/h5-6,11,16H,4,7-10H2,1-3H3. The average Bonchev–Trinajstić information content (AvgIpc) is 2.71. The van der Waals surface area contributed by atoms with Gasteiger partial charge in [-0.3, -0.25) is 4.79 Å². The molecule has 0 saturated carbocycles. The summed E-state index contributed by atoms with van der Waals surface area (Å²) in [4.78, 5) is 16.9. The number of hydrogen-bond donors (Lipinski definition) is 1. The number of carbonyl (C=O) groups excluding carboxylic acids is 1. The van der Waals surface area contributed by atoms with Crippen molar-refractivity contribution >= 4 is 15.9 Å². The number of benzene rings is 1. The first-order valence-electron chi connectivity index (χ1n) is 7.37. The van der Waals surface area contributed by atoms with Crippen LogP contribution in [-0.4, -0.2) is 64.4 Å². The number of nitrogens with one attached hydrogen (secondary N) is 1. The number of hydrogen-bond acceptors (Lipinski definition) is 4. The van der Waals surface area contributed by atoms with Gasteiger partial charge in [0.25, 0.3) is 5.91 Å². The molecule has 22 heavy (non-hydrogen) atoms. The van der Waals surface area contributed by atoms with E-state index in [1.165, 1.54) is 19.2 Å². The molecule has 0 aliphatic carbocycles. The molecule has 0 bridgehead atoms. The van der Waals surface area contributed by atoms with Gasteiger partial charge in [-0.1, -0.05) is 6.07 Å². The summed E-state index contributed by atoms with van der Waals surface area (Å²) in [5.74, 6) is -0.0963. The lowest BCUT2D eigenvalue weighted by Gasteiger charge is -2.22. The van der Waals surface area contributed by atoms with E-state index in [-0.39, 0.29) is 10.8 Å². The highest BCUT2D eigenvalue weighted by Crippen LogP contribution is 2.18. The molecule has 1 fully saturated rings. The molecule has 1 aromatic rings. The first-order chi connectivity index (χ1) is 10.3. The maximum absolute atomic E-state index is 12.7. The summed E-state index contributed by atoms with van der Waals surface area (Å²) in [6.07, 6.45) is 0.926. The van der Waals surface area contributed by atoms with Gasteiger partial charge in [0, 0.05) is 25.2 Å². The predicted molar refractivity (Wildman–Crippen MR) is 85.4 cm³/mol. The first kappa shape index (κ1) is 16.9. The lowest BCUT2D eigenvalue weighted by Crippen LogP contribution is -2.35. The van der Waals surface area contributed by atoms with Crippen molar-refractivity contribution in [1.29, 1.82) is 0 Å². The molecule has 1 amide bonds. The van der Waals surface area contributed by atoms with E-state index in [1.807, 2.05) is 18.9 Å². The molecule has 0 radical (unpaired) electrons. The topological polar surface area (TPSA) is 69.7 Å². The summed E-state index contributed by atoms with van der Waals surface area (Å²) in [6.45, 7) is 4.99. The minimum absolute atomic E-state index is 0.0963. The summed E-state index contributed by atoms with van der Waals surface area (Å²) < 4.78 is 26.1. The zero-order chi connectivity index (χ0) is 16.3. The molecule has 1 N–H and O–H groups in total. The number of nitrogens with zero attached hydrogens (tertiary/aromatic N) is 2. The van der Waals surface area contributed by atoms with Gasteiger partial charge in [-0.15, -0.1) is 0 Å². The molecule has 0 unspecified atom stereocenters. The highest BCUT2D eigenvalue weighted by molar-refractivity contribution is 7.89. The van der Waals surface area contributed by atoms with Crippen LogP contribution < -0.4 is 4.72 Å². The van der Waals surface area contributed by atoms with Gasteiger partial charge < -0.3 is 9.80 Å². The fraction of sp³-hybridized carbons (Fsp3) is 0.533. The van der Waals surface area contributed by atoms with Crippen LogP contribution in [0.2, 0.25) is 0 Å². The van der Waals surface area contributed by atoms with Crippen LogP contribution in [0.5, 0.6) is 0 Å². The van der Waals surface area contributed by atoms with Gasteiger partial charge >= 0.3 is 0 Å². The normalized spacial score (nSPS) is 17.3. The fourth-order valence-corrected chi connectivity index (χ4v) is 3.29. The van der Waals surface area contributed by atoms with Crippen LogP contribution in [0.3, 0.4) is 0 Å². The number of amides is 1. The van der Waals surface area contributed by atoms with E-state index >= 15 is 0 Å². The Bertz CT molecular complexity index is 658. The zero-order valence-corrected chi connectivity index (χ0v) is 14.1. The summed E-state index contributed by atoms with van der Waals surface area (Å²) >= 11 is 0. The van der Waals surface area contributed by atoms with Gasteiger partial charge in [-0.05, 0) is 51.7 Å². The Labute approximate surface area is 132 Å². The van der Waals surface area contributed by atoms with Crippen molar-refractivity contribution in [3.05, 3.63) is 29.3 Å². The van der Waals surface area contributed by atoms with Crippen LogP contribution in [0.25, 0.3) is 0 Å². The number of rotatable bonds is 3. The van der Waals surface area contributed by atoms with E-state index in [0.29, 0.717) is 18.7 Å². The van der Waals surface area contributed by atoms with Gasteiger partial charge in [-0.2, -0.15) is 0 Å². The van der Waals surface area contributed by atoms with E-state index in [1.54, 1.807) is 6.07 Å². The summed E-state index contributed by atoms with van der Waals surface area (Å²) in [5.41, 5.74) is 1.25. The maximum Gasteiger partial charge on any atom is 0.254 e. The van der Waals surface area contributed by atoms with Crippen LogP contribution in [0, 0.1) is 6.92 Å².